The van der Waals surface area contributed by atoms with Crippen molar-refractivity contribution in [3.8, 4) is 0 Å². The predicted molar refractivity (Wildman–Crippen MR) is 81.2 cm³/mol. The molecule has 0 unspecified atom stereocenters. The number of hydrogen-bond acceptors (Lipinski definition) is 5. The average molecular weight is 298 g/mol. The van der Waals surface area contributed by atoms with Gasteiger partial charge in [0.05, 0.1) is 5.69 Å². The van der Waals surface area contributed by atoms with Gasteiger partial charge in [-0.1, -0.05) is 0 Å². The lowest BCUT2D eigenvalue weighted by Gasteiger charge is -2.24. The van der Waals surface area contributed by atoms with Crippen molar-refractivity contribution in [2.24, 2.45) is 5.14 Å². The van der Waals surface area contributed by atoms with Gasteiger partial charge >= 0.3 is 0 Å². The van der Waals surface area contributed by atoms with Crippen LogP contribution in [0.1, 0.15) is 12.8 Å². The fraction of sp³-hybridized carbons (Fsp3) is 0.538. The maximum absolute atomic E-state index is 11.7. The van der Waals surface area contributed by atoms with Gasteiger partial charge in [-0.3, -0.25) is 0 Å². The molecule has 1 aromatic carbocycles. The van der Waals surface area contributed by atoms with Gasteiger partial charge in [0, 0.05) is 25.8 Å². The molecule has 0 amide bonds. The van der Waals surface area contributed by atoms with Crippen LogP contribution in [0, 0.1) is 0 Å². The van der Waals surface area contributed by atoms with E-state index >= 15 is 0 Å². The van der Waals surface area contributed by atoms with E-state index in [1.54, 1.807) is 12.1 Å². The van der Waals surface area contributed by atoms with Gasteiger partial charge in [-0.2, -0.15) is 0 Å². The Morgan fingerprint density at radius 2 is 1.95 bits per heavy atom. The number of benzene rings is 1. The highest BCUT2D eigenvalue weighted by molar-refractivity contribution is 7.89. The van der Waals surface area contributed by atoms with Gasteiger partial charge in [0.1, 0.15) is 4.90 Å². The van der Waals surface area contributed by atoms with E-state index in [4.69, 9.17) is 10.9 Å². The zero-order valence-electron chi connectivity index (χ0n) is 11.7. The lowest BCUT2D eigenvalue weighted by molar-refractivity contribution is 0.346. The van der Waals surface area contributed by atoms with Crippen LogP contribution in [0.2, 0.25) is 0 Å². The number of nitrogen functional groups attached to an aromatic ring is 1. The average Bonchev–Trinajstić information content (AvgIpc) is 2.88. The Hall–Kier alpha value is -1.31. The molecule has 0 aromatic heterocycles. The van der Waals surface area contributed by atoms with Crippen LogP contribution in [0.3, 0.4) is 0 Å². The monoisotopic (exact) mass is 298 g/mol. The molecule has 4 N–H and O–H groups in total. The number of nitrogens with zero attached hydrogens (tertiary/aromatic N) is 2. The minimum absolute atomic E-state index is 0.0846. The molecular weight excluding hydrogens is 276 g/mol. The summed E-state index contributed by atoms with van der Waals surface area (Å²) in [6, 6.07) is 4.81. The summed E-state index contributed by atoms with van der Waals surface area (Å²) in [5.41, 5.74) is 6.64. The summed E-state index contributed by atoms with van der Waals surface area (Å²) in [6.07, 6.45) is 2.49. The number of primary sulfonamides is 1. The molecule has 0 radical (unpaired) electrons. The van der Waals surface area contributed by atoms with Crippen LogP contribution in [0.25, 0.3) is 0 Å². The molecule has 0 aliphatic carbocycles. The van der Waals surface area contributed by atoms with Crippen molar-refractivity contribution >= 4 is 21.4 Å². The van der Waals surface area contributed by atoms with E-state index in [0.717, 1.165) is 26.2 Å². The lowest BCUT2D eigenvalue weighted by atomic mass is 10.2. The second-order valence-corrected chi connectivity index (χ2v) is 6.77. The predicted octanol–water partition coefficient (Wildman–Crippen LogP) is 0.448. The van der Waals surface area contributed by atoms with E-state index < -0.39 is 10.0 Å². The topological polar surface area (TPSA) is 92.7 Å². The normalized spacial score (nSPS) is 16.5. The second kappa shape index (κ2) is 5.99. The Balaban J connectivity index is 2.14. The van der Waals surface area contributed by atoms with E-state index in [1.165, 1.54) is 18.9 Å². The van der Waals surface area contributed by atoms with E-state index in [-0.39, 0.29) is 4.90 Å². The molecule has 1 fully saturated rings. The largest absolute Gasteiger partial charge is 0.399 e. The molecule has 1 aliphatic heterocycles. The first-order valence-corrected chi connectivity index (χ1v) is 8.28. The minimum atomic E-state index is -3.77. The molecule has 1 aliphatic rings. The summed E-state index contributed by atoms with van der Waals surface area (Å²) in [5.74, 6) is 0. The van der Waals surface area contributed by atoms with Gasteiger partial charge in [0.15, 0.2) is 0 Å². The summed E-state index contributed by atoms with van der Waals surface area (Å²) in [4.78, 5) is 4.38. The Bertz CT molecular complexity index is 568. The van der Waals surface area contributed by atoms with E-state index in [2.05, 4.69) is 4.90 Å². The Kier molecular flexibility index (Phi) is 4.52. The smallest absolute Gasteiger partial charge is 0.240 e. The third-order valence-electron chi connectivity index (χ3n) is 3.65. The molecule has 7 heteroatoms. The highest BCUT2D eigenvalue weighted by atomic mass is 32.2. The maximum Gasteiger partial charge on any atom is 0.240 e. The van der Waals surface area contributed by atoms with Crippen molar-refractivity contribution < 1.29 is 8.42 Å². The van der Waals surface area contributed by atoms with Gasteiger partial charge in [0.25, 0.3) is 0 Å². The van der Waals surface area contributed by atoms with Gasteiger partial charge in [-0.05, 0) is 44.1 Å². The minimum Gasteiger partial charge on any atom is -0.399 e. The molecule has 1 aromatic rings. The summed E-state index contributed by atoms with van der Waals surface area (Å²) in [5, 5.41) is 5.26. The molecule has 0 bridgehead atoms. The van der Waals surface area contributed by atoms with Crippen LogP contribution in [0.5, 0.6) is 0 Å². The summed E-state index contributed by atoms with van der Waals surface area (Å²) in [7, 11) is -1.90. The van der Waals surface area contributed by atoms with Crippen LogP contribution < -0.4 is 15.8 Å². The Labute approximate surface area is 120 Å². The Morgan fingerprint density at radius 1 is 1.30 bits per heavy atom. The maximum atomic E-state index is 11.7. The highest BCUT2D eigenvalue weighted by Crippen LogP contribution is 2.25. The molecule has 2 rings (SSSR count). The van der Waals surface area contributed by atoms with Crippen molar-refractivity contribution in [1.82, 2.24) is 4.90 Å². The SMILES string of the molecule is CN(CCN1CCCC1)c1ccc(N)cc1S(N)(=O)=O. The van der Waals surface area contributed by atoms with Gasteiger partial charge in [0.2, 0.25) is 10.0 Å². The molecule has 0 atom stereocenters. The fourth-order valence-electron chi connectivity index (χ4n) is 2.49. The zero-order chi connectivity index (χ0) is 14.8. The molecule has 0 saturated carbocycles. The van der Waals surface area contributed by atoms with Crippen molar-refractivity contribution in [2.75, 3.05) is 43.9 Å². The second-order valence-electron chi connectivity index (χ2n) is 5.24. The van der Waals surface area contributed by atoms with Gasteiger partial charge in [-0.15, -0.1) is 0 Å². The van der Waals surface area contributed by atoms with Crippen LogP contribution >= 0.6 is 0 Å². The van der Waals surface area contributed by atoms with Gasteiger partial charge in [-0.25, -0.2) is 13.6 Å². The van der Waals surface area contributed by atoms with E-state index in [0.29, 0.717) is 11.4 Å². The standard InChI is InChI=1S/C13H22N4O2S/c1-16(8-9-17-6-2-3-7-17)12-5-4-11(14)10-13(12)20(15,18)19/h4-5,10H,2-3,6-9,14H2,1H3,(H2,15,18,19). The number of anilines is 2. The first-order valence-electron chi connectivity index (χ1n) is 6.74. The third-order valence-corrected chi connectivity index (χ3v) is 4.59. The van der Waals surface area contributed by atoms with E-state index in [9.17, 15) is 8.42 Å². The molecule has 20 heavy (non-hydrogen) atoms. The molecular formula is C13H22N4O2S. The molecule has 1 heterocycles. The number of rotatable bonds is 5. The Morgan fingerprint density at radius 3 is 2.55 bits per heavy atom. The van der Waals surface area contributed by atoms with E-state index in [1.807, 2.05) is 11.9 Å². The number of sulfonamides is 1. The number of hydrogen-bond donors (Lipinski definition) is 2. The number of likely N-dealkylation sites (tertiary alicyclic amines) is 1. The van der Waals surface area contributed by atoms with Gasteiger partial charge < -0.3 is 15.5 Å². The summed E-state index contributed by atoms with van der Waals surface area (Å²) >= 11 is 0. The highest BCUT2D eigenvalue weighted by Gasteiger charge is 2.18. The van der Waals surface area contributed by atoms with Crippen LogP contribution in [-0.4, -0.2) is 46.5 Å². The first kappa shape index (κ1) is 15.1. The first-order chi connectivity index (χ1) is 9.38. The van der Waals surface area contributed by atoms with Crippen LogP contribution in [-0.2, 0) is 10.0 Å². The molecule has 0 spiro atoms. The summed E-state index contributed by atoms with van der Waals surface area (Å²) < 4.78 is 23.3. The number of nitrogens with two attached hydrogens (primary N) is 2. The van der Waals surface area contributed by atoms with Crippen molar-refractivity contribution in [1.29, 1.82) is 0 Å². The molecule has 6 nitrogen and oxygen atoms in total. The molecule has 112 valence electrons. The molecule has 1 saturated heterocycles. The van der Waals surface area contributed by atoms with Crippen molar-refractivity contribution in [3.05, 3.63) is 18.2 Å². The van der Waals surface area contributed by atoms with Crippen molar-refractivity contribution in [3.63, 3.8) is 0 Å². The van der Waals surface area contributed by atoms with Crippen LogP contribution in [0.15, 0.2) is 23.1 Å². The number of likely N-dealkylation sites (N-methyl/N-ethyl adjacent to an activating group) is 1. The third kappa shape index (κ3) is 3.62. The van der Waals surface area contributed by atoms with Crippen LogP contribution in [0.4, 0.5) is 11.4 Å². The zero-order valence-corrected chi connectivity index (χ0v) is 12.6. The lowest BCUT2D eigenvalue weighted by Crippen LogP contribution is -2.32. The quantitative estimate of drug-likeness (QED) is 0.770. The van der Waals surface area contributed by atoms with Crippen molar-refractivity contribution in [2.45, 2.75) is 17.7 Å². The fourth-order valence-corrected chi connectivity index (χ4v) is 3.31. The summed E-state index contributed by atoms with van der Waals surface area (Å²) in [6.45, 7) is 3.92.